The Balaban J connectivity index is 2.23. The average Bonchev–Trinajstić information content (AvgIpc) is 2.62. The smallest absolute Gasteiger partial charge is 0.303 e. The lowest BCUT2D eigenvalue weighted by molar-refractivity contribution is -0.138. The average molecular weight is 254 g/mol. The third-order valence-electron chi connectivity index (χ3n) is 3.16. The molecule has 0 amide bonds. The number of aliphatic hydroxyl groups is 1. The van der Waals surface area contributed by atoms with Gasteiger partial charge in [-0.1, -0.05) is 0 Å². The number of aliphatic carboxylic acids is 1. The number of aliphatic hydroxyl groups excluding tert-OH is 1. The van der Waals surface area contributed by atoms with Gasteiger partial charge in [0.1, 0.15) is 17.2 Å². The van der Waals surface area contributed by atoms with Crippen molar-refractivity contribution >= 4 is 5.97 Å². The fourth-order valence-corrected chi connectivity index (χ4v) is 2.29. The van der Waals surface area contributed by atoms with Crippen molar-refractivity contribution < 1.29 is 24.1 Å². The Kier molecular flexibility index (Phi) is 3.26. The zero-order valence-electron chi connectivity index (χ0n) is 10.1. The predicted molar refractivity (Wildman–Crippen MR) is 61.9 cm³/mol. The molecule has 0 aliphatic carbocycles. The number of fused-ring (bicyclic) bond motifs is 1. The second-order valence-corrected chi connectivity index (χ2v) is 4.83. The predicted octanol–water partition coefficient (Wildman–Crippen LogP) is 1.88. The maximum absolute atomic E-state index is 13.3. The first kappa shape index (κ1) is 12.8. The largest absolute Gasteiger partial charge is 0.487 e. The van der Waals surface area contributed by atoms with Gasteiger partial charge in [0.2, 0.25) is 0 Å². The highest BCUT2D eigenvalue weighted by atomic mass is 19.1. The standard InChI is InChI=1S/C13H15FO4/c1-13(3-2-11(16)17)6-8-4-10(14)5-9(7-15)12(8)18-13/h4-5,15H,2-3,6-7H2,1H3,(H,16,17). The highest BCUT2D eigenvalue weighted by Gasteiger charge is 2.36. The zero-order valence-corrected chi connectivity index (χ0v) is 10.1. The van der Waals surface area contributed by atoms with Crippen LogP contribution in [0.3, 0.4) is 0 Å². The number of benzene rings is 1. The van der Waals surface area contributed by atoms with E-state index >= 15 is 0 Å². The highest BCUT2D eigenvalue weighted by Crippen LogP contribution is 2.40. The molecule has 1 unspecified atom stereocenters. The zero-order chi connectivity index (χ0) is 13.3. The van der Waals surface area contributed by atoms with Gasteiger partial charge < -0.3 is 14.9 Å². The normalized spacial score (nSPS) is 21.5. The van der Waals surface area contributed by atoms with E-state index in [2.05, 4.69) is 0 Å². The summed E-state index contributed by atoms with van der Waals surface area (Å²) in [7, 11) is 0. The van der Waals surface area contributed by atoms with Crippen LogP contribution in [0.2, 0.25) is 0 Å². The molecule has 18 heavy (non-hydrogen) atoms. The van der Waals surface area contributed by atoms with Gasteiger partial charge in [0.05, 0.1) is 6.61 Å². The number of hydrogen-bond acceptors (Lipinski definition) is 3. The van der Waals surface area contributed by atoms with Crippen molar-refractivity contribution in [2.75, 3.05) is 0 Å². The molecule has 98 valence electrons. The van der Waals surface area contributed by atoms with E-state index in [1.54, 1.807) is 6.92 Å². The molecular weight excluding hydrogens is 239 g/mol. The van der Waals surface area contributed by atoms with E-state index in [1.807, 2.05) is 0 Å². The monoisotopic (exact) mass is 254 g/mol. The van der Waals surface area contributed by atoms with Crippen LogP contribution >= 0.6 is 0 Å². The molecule has 2 rings (SSSR count). The van der Waals surface area contributed by atoms with Crippen LogP contribution in [0.15, 0.2) is 12.1 Å². The Labute approximate surface area is 104 Å². The fraction of sp³-hybridized carbons (Fsp3) is 0.462. The number of carbonyl (C=O) groups is 1. The molecule has 0 spiro atoms. The summed E-state index contributed by atoms with van der Waals surface area (Å²) in [5.41, 5.74) is 0.453. The number of hydrogen-bond donors (Lipinski definition) is 2. The molecule has 0 saturated heterocycles. The van der Waals surface area contributed by atoms with Gasteiger partial charge in [-0.3, -0.25) is 4.79 Å². The van der Waals surface area contributed by atoms with Crippen LogP contribution in [0, 0.1) is 5.82 Å². The van der Waals surface area contributed by atoms with Crippen LogP contribution in [0.5, 0.6) is 5.75 Å². The first-order valence-corrected chi connectivity index (χ1v) is 5.76. The van der Waals surface area contributed by atoms with Gasteiger partial charge >= 0.3 is 5.97 Å². The number of ether oxygens (including phenoxy) is 1. The third kappa shape index (κ3) is 2.46. The lowest BCUT2D eigenvalue weighted by atomic mass is 9.94. The Morgan fingerprint density at radius 1 is 1.56 bits per heavy atom. The van der Waals surface area contributed by atoms with Crippen LogP contribution in [0.4, 0.5) is 4.39 Å². The van der Waals surface area contributed by atoms with Crippen molar-refractivity contribution in [1.29, 1.82) is 0 Å². The van der Waals surface area contributed by atoms with E-state index in [4.69, 9.17) is 9.84 Å². The fourth-order valence-electron chi connectivity index (χ4n) is 2.29. The van der Waals surface area contributed by atoms with Gasteiger partial charge in [-0.2, -0.15) is 0 Å². The Morgan fingerprint density at radius 3 is 2.89 bits per heavy atom. The van der Waals surface area contributed by atoms with Crippen LogP contribution in [-0.4, -0.2) is 21.8 Å². The lowest BCUT2D eigenvalue weighted by Crippen LogP contribution is -2.31. The summed E-state index contributed by atoms with van der Waals surface area (Å²) in [5.74, 6) is -0.806. The minimum atomic E-state index is -0.885. The summed E-state index contributed by atoms with van der Waals surface area (Å²) in [5, 5.41) is 17.9. The van der Waals surface area contributed by atoms with E-state index in [0.29, 0.717) is 29.7 Å². The summed E-state index contributed by atoms with van der Waals surface area (Å²) in [6.45, 7) is 1.50. The van der Waals surface area contributed by atoms with Gasteiger partial charge in [-0.15, -0.1) is 0 Å². The van der Waals surface area contributed by atoms with Crippen molar-refractivity contribution in [2.24, 2.45) is 0 Å². The van der Waals surface area contributed by atoms with Crippen molar-refractivity contribution in [2.45, 2.75) is 38.4 Å². The molecule has 1 atom stereocenters. The van der Waals surface area contributed by atoms with E-state index < -0.39 is 17.4 Å². The number of carboxylic acids is 1. The van der Waals surface area contributed by atoms with Gasteiger partial charge in [-0.05, 0) is 25.5 Å². The first-order valence-electron chi connectivity index (χ1n) is 5.76. The maximum Gasteiger partial charge on any atom is 0.303 e. The molecule has 0 bridgehead atoms. The molecular formula is C13H15FO4. The molecule has 1 heterocycles. The molecule has 1 aromatic carbocycles. The van der Waals surface area contributed by atoms with E-state index in [-0.39, 0.29) is 13.0 Å². The third-order valence-corrected chi connectivity index (χ3v) is 3.16. The molecule has 0 saturated carbocycles. The molecule has 1 aliphatic heterocycles. The molecule has 1 aromatic rings. The molecule has 2 N–H and O–H groups in total. The van der Waals surface area contributed by atoms with Gasteiger partial charge in [0, 0.05) is 24.0 Å². The van der Waals surface area contributed by atoms with Crippen molar-refractivity contribution in [3.63, 3.8) is 0 Å². The highest BCUT2D eigenvalue weighted by molar-refractivity contribution is 5.66. The second kappa shape index (κ2) is 4.57. The topological polar surface area (TPSA) is 66.8 Å². The van der Waals surface area contributed by atoms with Crippen LogP contribution in [0.25, 0.3) is 0 Å². The summed E-state index contributed by atoms with van der Waals surface area (Å²) < 4.78 is 19.0. The number of halogens is 1. The minimum absolute atomic E-state index is 0.00142. The maximum atomic E-state index is 13.3. The Hall–Kier alpha value is -1.62. The van der Waals surface area contributed by atoms with Crippen molar-refractivity contribution in [3.05, 3.63) is 29.1 Å². The molecule has 1 aliphatic rings. The van der Waals surface area contributed by atoms with Crippen LogP contribution in [-0.2, 0) is 17.8 Å². The molecule has 0 aromatic heterocycles. The Bertz CT molecular complexity index is 486. The van der Waals surface area contributed by atoms with E-state index in [0.717, 1.165) is 0 Å². The first-order chi connectivity index (χ1) is 8.43. The van der Waals surface area contributed by atoms with E-state index in [9.17, 15) is 14.3 Å². The lowest BCUT2D eigenvalue weighted by Gasteiger charge is -2.23. The van der Waals surface area contributed by atoms with Gasteiger partial charge in [-0.25, -0.2) is 4.39 Å². The van der Waals surface area contributed by atoms with E-state index in [1.165, 1.54) is 12.1 Å². The number of carboxylic acid groups (broad SMARTS) is 1. The summed E-state index contributed by atoms with van der Waals surface area (Å²) in [4.78, 5) is 10.6. The molecule has 5 heteroatoms. The van der Waals surface area contributed by atoms with Gasteiger partial charge in [0.15, 0.2) is 0 Å². The summed E-state index contributed by atoms with van der Waals surface area (Å²) in [6.07, 6.45) is 0.811. The van der Waals surface area contributed by atoms with Crippen molar-refractivity contribution in [3.8, 4) is 5.75 Å². The molecule has 0 fully saturated rings. The number of rotatable bonds is 4. The molecule has 4 nitrogen and oxygen atoms in total. The second-order valence-electron chi connectivity index (χ2n) is 4.83. The Morgan fingerprint density at radius 2 is 2.28 bits per heavy atom. The van der Waals surface area contributed by atoms with Gasteiger partial charge in [0.25, 0.3) is 0 Å². The van der Waals surface area contributed by atoms with Crippen molar-refractivity contribution in [1.82, 2.24) is 0 Å². The summed E-state index contributed by atoms with van der Waals surface area (Å²) >= 11 is 0. The SMILES string of the molecule is CC1(CCC(=O)O)Cc2cc(F)cc(CO)c2O1. The van der Waals surface area contributed by atoms with Crippen LogP contribution < -0.4 is 4.74 Å². The molecule has 0 radical (unpaired) electrons. The minimum Gasteiger partial charge on any atom is -0.487 e. The summed E-state index contributed by atoms with van der Waals surface area (Å²) in [6, 6.07) is 2.61. The van der Waals surface area contributed by atoms with Crippen LogP contribution in [0.1, 0.15) is 30.9 Å². The quantitative estimate of drug-likeness (QED) is 0.860.